The number of hydrogen-bond acceptors (Lipinski definition) is 1. The predicted octanol–water partition coefficient (Wildman–Crippen LogP) is 3.18. The van der Waals surface area contributed by atoms with E-state index in [4.69, 9.17) is 0 Å². The summed E-state index contributed by atoms with van der Waals surface area (Å²) < 4.78 is 0. The lowest BCUT2D eigenvalue weighted by atomic mass is 10.1. The van der Waals surface area contributed by atoms with Gasteiger partial charge in [-0.15, -0.1) is 0 Å². The lowest BCUT2D eigenvalue weighted by Crippen LogP contribution is -1.93. The molecule has 0 atom stereocenters. The second kappa shape index (κ2) is 3.89. The minimum atomic E-state index is 0.623. The van der Waals surface area contributed by atoms with Crippen molar-refractivity contribution in [1.82, 2.24) is 4.98 Å². The van der Waals surface area contributed by atoms with Gasteiger partial charge in [-0.3, -0.25) is 4.79 Å². The summed E-state index contributed by atoms with van der Waals surface area (Å²) in [6, 6.07) is 7.91. The summed E-state index contributed by atoms with van der Waals surface area (Å²) in [5.41, 5.74) is 2.90. The molecular weight excluding hydrogens is 186 g/mol. The van der Waals surface area contributed by atoms with E-state index in [-0.39, 0.29) is 0 Å². The molecule has 0 spiro atoms. The zero-order valence-electron chi connectivity index (χ0n) is 9.08. The lowest BCUT2D eigenvalue weighted by molar-refractivity contribution is 0.112. The highest BCUT2D eigenvalue weighted by molar-refractivity contribution is 5.96. The molecule has 0 aliphatic heterocycles. The summed E-state index contributed by atoms with van der Waals surface area (Å²) in [7, 11) is 0. The molecule has 78 valence electrons. The molecular formula is C13H15NO. The van der Waals surface area contributed by atoms with Crippen LogP contribution in [-0.2, 0) is 6.42 Å². The van der Waals surface area contributed by atoms with E-state index in [2.05, 4.69) is 24.9 Å². The van der Waals surface area contributed by atoms with Crippen molar-refractivity contribution in [2.24, 2.45) is 5.92 Å². The third kappa shape index (κ3) is 1.94. The smallest absolute Gasteiger partial charge is 0.152 e. The number of aromatic amines is 1. The third-order valence-corrected chi connectivity index (χ3v) is 2.50. The number of carbonyl (C=O) groups is 1. The summed E-state index contributed by atoms with van der Waals surface area (Å²) in [6.07, 6.45) is 1.92. The van der Waals surface area contributed by atoms with Gasteiger partial charge >= 0.3 is 0 Å². The van der Waals surface area contributed by atoms with E-state index in [0.717, 1.165) is 29.2 Å². The van der Waals surface area contributed by atoms with Crippen LogP contribution in [0.3, 0.4) is 0 Å². The number of aldehydes is 1. The van der Waals surface area contributed by atoms with Gasteiger partial charge in [-0.1, -0.05) is 26.0 Å². The van der Waals surface area contributed by atoms with E-state index < -0.39 is 0 Å². The first-order chi connectivity index (χ1) is 7.20. The zero-order valence-corrected chi connectivity index (χ0v) is 9.08. The third-order valence-electron chi connectivity index (χ3n) is 2.50. The maximum Gasteiger partial charge on any atom is 0.152 e. The SMILES string of the molecule is CC(C)Cc1cc2cccc(C=O)c2[nH]1. The van der Waals surface area contributed by atoms with Crippen LogP contribution < -0.4 is 0 Å². The van der Waals surface area contributed by atoms with Gasteiger partial charge in [0.1, 0.15) is 0 Å². The number of rotatable bonds is 3. The molecule has 2 rings (SSSR count). The van der Waals surface area contributed by atoms with Crippen molar-refractivity contribution in [2.75, 3.05) is 0 Å². The van der Waals surface area contributed by atoms with Crippen LogP contribution in [0, 0.1) is 5.92 Å². The Hall–Kier alpha value is -1.57. The van der Waals surface area contributed by atoms with Crippen LogP contribution >= 0.6 is 0 Å². The fraction of sp³-hybridized carbons (Fsp3) is 0.308. The Morgan fingerprint density at radius 3 is 2.87 bits per heavy atom. The monoisotopic (exact) mass is 201 g/mol. The molecule has 2 aromatic rings. The fourth-order valence-electron chi connectivity index (χ4n) is 1.89. The average Bonchev–Trinajstić information content (AvgIpc) is 2.58. The fourth-order valence-corrected chi connectivity index (χ4v) is 1.89. The Morgan fingerprint density at radius 1 is 1.40 bits per heavy atom. The first-order valence-electron chi connectivity index (χ1n) is 5.26. The number of benzene rings is 1. The standard InChI is InChI=1S/C13H15NO/c1-9(2)6-12-7-10-4-3-5-11(8-15)13(10)14-12/h3-5,7-9,14H,6H2,1-2H3. The quantitative estimate of drug-likeness (QED) is 0.760. The van der Waals surface area contributed by atoms with Crippen molar-refractivity contribution in [1.29, 1.82) is 0 Å². The second-order valence-corrected chi connectivity index (χ2v) is 4.32. The minimum Gasteiger partial charge on any atom is -0.358 e. The normalized spacial score (nSPS) is 11.1. The Kier molecular flexibility index (Phi) is 2.58. The van der Waals surface area contributed by atoms with E-state index in [9.17, 15) is 4.79 Å². The summed E-state index contributed by atoms with van der Waals surface area (Å²) in [5.74, 6) is 0.623. The van der Waals surface area contributed by atoms with Gasteiger partial charge in [0.25, 0.3) is 0 Å². The molecule has 1 heterocycles. The van der Waals surface area contributed by atoms with Gasteiger partial charge in [0.2, 0.25) is 0 Å². The molecule has 0 fully saturated rings. The van der Waals surface area contributed by atoms with E-state index in [1.165, 1.54) is 5.69 Å². The number of aromatic nitrogens is 1. The molecule has 0 bridgehead atoms. The van der Waals surface area contributed by atoms with Crippen molar-refractivity contribution in [3.8, 4) is 0 Å². The summed E-state index contributed by atoms with van der Waals surface area (Å²) in [6.45, 7) is 4.37. The van der Waals surface area contributed by atoms with Gasteiger partial charge < -0.3 is 4.98 Å². The molecule has 2 nitrogen and oxygen atoms in total. The first-order valence-corrected chi connectivity index (χ1v) is 5.26. The molecule has 0 aliphatic carbocycles. The van der Waals surface area contributed by atoms with Crippen LogP contribution in [0.4, 0.5) is 0 Å². The minimum absolute atomic E-state index is 0.623. The number of H-pyrrole nitrogens is 1. The molecule has 1 N–H and O–H groups in total. The van der Waals surface area contributed by atoms with Gasteiger partial charge in [0.05, 0.1) is 5.52 Å². The maximum atomic E-state index is 10.8. The molecule has 0 saturated heterocycles. The van der Waals surface area contributed by atoms with Gasteiger partial charge in [-0.25, -0.2) is 0 Å². The average molecular weight is 201 g/mol. The molecule has 0 aliphatic rings. The zero-order chi connectivity index (χ0) is 10.8. The van der Waals surface area contributed by atoms with E-state index in [1.807, 2.05) is 18.2 Å². The number of carbonyl (C=O) groups excluding carboxylic acids is 1. The van der Waals surface area contributed by atoms with Crippen molar-refractivity contribution in [3.63, 3.8) is 0 Å². The Morgan fingerprint density at radius 2 is 2.20 bits per heavy atom. The van der Waals surface area contributed by atoms with Gasteiger partial charge in [-0.2, -0.15) is 0 Å². The topological polar surface area (TPSA) is 32.9 Å². The Balaban J connectivity index is 2.50. The highest BCUT2D eigenvalue weighted by Gasteiger charge is 2.05. The predicted molar refractivity (Wildman–Crippen MR) is 62.2 cm³/mol. The van der Waals surface area contributed by atoms with Gasteiger partial charge in [0.15, 0.2) is 6.29 Å². The van der Waals surface area contributed by atoms with E-state index in [0.29, 0.717) is 5.92 Å². The van der Waals surface area contributed by atoms with Crippen molar-refractivity contribution >= 4 is 17.2 Å². The van der Waals surface area contributed by atoms with Crippen LogP contribution in [0.1, 0.15) is 29.9 Å². The van der Waals surface area contributed by atoms with Crippen molar-refractivity contribution in [3.05, 3.63) is 35.5 Å². The van der Waals surface area contributed by atoms with Crippen molar-refractivity contribution < 1.29 is 4.79 Å². The molecule has 15 heavy (non-hydrogen) atoms. The van der Waals surface area contributed by atoms with E-state index >= 15 is 0 Å². The number of para-hydroxylation sites is 1. The highest BCUT2D eigenvalue weighted by atomic mass is 16.1. The molecule has 0 radical (unpaired) electrons. The number of fused-ring (bicyclic) bond motifs is 1. The molecule has 0 unspecified atom stereocenters. The molecule has 1 aromatic heterocycles. The summed E-state index contributed by atoms with van der Waals surface area (Å²) in [4.78, 5) is 14.1. The number of hydrogen-bond donors (Lipinski definition) is 1. The molecule has 2 heteroatoms. The maximum absolute atomic E-state index is 10.8. The largest absolute Gasteiger partial charge is 0.358 e. The van der Waals surface area contributed by atoms with Crippen LogP contribution in [0.5, 0.6) is 0 Å². The number of nitrogens with one attached hydrogen (secondary N) is 1. The molecule has 1 aromatic carbocycles. The van der Waals surface area contributed by atoms with Crippen molar-refractivity contribution in [2.45, 2.75) is 20.3 Å². The Labute approximate surface area is 89.3 Å². The van der Waals surface area contributed by atoms with Crippen LogP contribution in [0.2, 0.25) is 0 Å². The Bertz CT molecular complexity index is 482. The summed E-state index contributed by atoms with van der Waals surface area (Å²) in [5, 5.41) is 1.12. The van der Waals surface area contributed by atoms with Crippen LogP contribution in [-0.4, -0.2) is 11.3 Å². The lowest BCUT2D eigenvalue weighted by Gasteiger charge is -2.00. The van der Waals surface area contributed by atoms with E-state index in [1.54, 1.807) is 0 Å². The summed E-state index contributed by atoms with van der Waals surface area (Å²) >= 11 is 0. The van der Waals surface area contributed by atoms with Crippen LogP contribution in [0.15, 0.2) is 24.3 Å². The highest BCUT2D eigenvalue weighted by Crippen LogP contribution is 2.19. The molecule has 0 saturated carbocycles. The second-order valence-electron chi connectivity index (χ2n) is 4.32. The van der Waals surface area contributed by atoms with Crippen LogP contribution in [0.25, 0.3) is 10.9 Å². The molecule has 0 amide bonds. The van der Waals surface area contributed by atoms with Gasteiger partial charge in [-0.05, 0) is 24.5 Å². The van der Waals surface area contributed by atoms with Gasteiger partial charge in [0, 0.05) is 16.6 Å². The first kappa shape index (κ1) is 9.97.